The predicted molar refractivity (Wildman–Crippen MR) is 58.0 cm³/mol. The Morgan fingerprint density at radius 3 is 2.42 bits per heavy atom. The Hall–Kier alpha value is 0.280. The minimum atomic E-state index is 0.521. The highest BCUT2D eigenvalue weighted by Gasteiger charge is 2.06. The Balaban J connectivity index is 3.25. The molecule has 0 aliphatic rings. The van der Waals surface area contributed by atoms with E-state index in [0.717, 1.165) is 15.6 Å². The number of alkyl halides is 2. The third-order valence-electron chi connectivity index (χ3n) is 1.91. The molecule has 66 valence electrons. The van der Waals surface area contributed by atoms with Gasteiger partial charge in [0.2, 0.25) is 0 Å². The van der Waals surface area contributed by atoms with Crippen molar-refractivity contribution in [1.29, 1.82) is 0 Å². The molecule has 1 aromatic carbocycles. The highest BCUT2D eigenvalue weighted by Crippen LogP contribution is 2.25. The van der Waals surface area contributed by atoms with E-state index in [2.05, 4.69) is 15.9 Å². The van der Waals surface area contributed by atoms with Crippen LogP contribution in [0.4, 0.5) is 0 Å². The summed E-state index contributed by atoms with van der Waals surface area (Å²) >= 11 is 15.0. The SMILES string of the molecule is Cc1c(Br)ccc(CCl)c1CCl. The van der Waals surface area contributed by atoms with Crippen LogP contribution in [0.5, 0.6) is 0 Å². The van der Waals surface area contributed by atoms with Crippen LogP contribution in [0.15, 0.2) is 16.6 Å². The zero-order chi connectivity index (χ0) is 9.14. The van der Waals surface area contributed by atoms with Crippen molar-refractivity contribution in [3.8, 4) is 0 Å². The van der Waals surface area contributed by atoms with Crippen LogP contribution in [0.25, 0.3) is 0 Å². The number of hydrogen-bond acceptors (Lipinski definition) is 0. The molecular weight excluding hydrogens is 259 g/mol. The van der Waals surface area contributed by atoms with E-state index in [4.69, 9.17) is 23.2 Å². The van der Waals surface area contributed by atoms with Crippen LogP contribution in [0.3, 0.4) is 0 Å². The summed E-state index contributed by atoms with van der Waals surface area (Å²) in [6.45, 7) is 2.04. The van der Waals surface area contributed by atoms with E-state index < -0.39 is 0 Å². The summed E-state index contributed by atoms with van der Waals surface area (Å²) in [6.07, 6.45) is 0. The van der Waals surface area contributed by atoms with Gasteiger partial charge in [-0.15, -0.1) is 23.2 Å². The van der Waals surface area contributed by atoms with E-state index in [9.17, 15) is 0 Å². The van der Waals surface area contributed by atoms with Crippen LogP contribution in [0.1, 0.15) is 16.7 Å². The van der Waals surface area contributed by atoms with Gasteiger partial charge in [-0.2, -0.15) is 0 Å². The molecule has 0 heterocycles. The molecule has 0 amide bonds. The molecule has 0 nitrogen and oxygen atoms in total. The van der Waals surface area contributed by atoms with Gasteiger partial charge in [0.15, 0.2) is 0 Å². The van der Waals surface area contributed by atoms with Crippen LogP contribution in [0, 0.1) is 6.92 Å². The maximum absolute atomic E-state index is 5.81. The Labute approximate surface area is 91.0 Å². The quantitative estimate of drug-likeness (QED) is 0.704. The summed E-state index contributed by atoms with van der Waals surface area (Å²) in [7, 11) is 0. The average Bonchev–Trinajstić information content (AvgIpc) is 2.09. The molecule has 3 heteroatoms. The molecule has 0 spiro atoms. The normalized spacial score (nSPS) is 10.3. The first kappa shape index (κ1) is 10.4. The Morgan fingerprint density at radius 2 is 1.92 bits per heavy atom. The molecule has 0 saturated carbocycles. The Morgan fingerprint density at radius 1 is 1.25 bits per heavy atom. The molecule has 0 aromatic heterocycles. The van der Waals surface area contributed by atoms with Crippen LogP contribution >= 0.6 is 39.1 Å². The van der Waals surface area contributed by atoms with Crippen molar-refractivity contribution in [3.05, 3.63) is 33.3 Å². The van der Waals surface area contributed by atoms with E-state index >= 15 is 0 Å². The molecule has 1 rings (SSSR count). The lowest BCUT2D eigenvalue weighted by atomic mass is 10.1. The van der Waals surface area contributed by atoms with Crippen molar-refractivity contribution in [3.63, 3.8) is 0 Å². The van der Waals surface area contributed by atoms with E-state index in [0.29, 0.717) is 11.8 Å². The first-order valence-corrected chi connectivity index (χ1v) is 5.45. The fraction of sp³-hybridized carbons (Fsp3) is 0.333. The molecule has 0 N–H and O–H groups in total. The van der Waals surface area contributed by atoms with Gasteiger partial charge in [-0.25, -0.2) is 0 Å². The largest absolute Gasteiger partial charge is 0.122 e. The van der Waals surface area contributed by atoms with Gasteiger partial charge in [0.25, 0.3) is 0 Å². The molecule has 0 aliphatic heterocycles. The lowest BCUT2D eigenvalue weighted by Gasteiger charge is -2.08. The first-order chi connectivity index (χ1) is 5.70. The van der Waals surface area contributed by atoms with E-state index in [-0.39, 0.29) is 0 Å². The third-order valence-corrected chi connectivity index (χ3v) is 3.32. The Bertz CT molecular complexity index is 284. The van der Waals surface area contributed by atoms with Crippen molar-refractivity contribution in [2.24, 2.45) is 0 Å². The van der Waals surface area contributed by atoms with Crippen molar-refractivity contribution in [2.45, 2.75) is 18.7 Å². The van der Waals surface area contributed by atoms with Gasteiger partial charge >= 0.3 is 0 Å². The van der Waals surface area contributed by atoms with E-state index in [1.165, 1.54) is 5.56 Å². The number of benzene rings is 1. The molecule has 1 aromatic rings. The maximum Gasteiger partial charge on any atom is 0.0480 e. The smallest absolute Gasteiger partial charge is 0.0480 e. The zero-order valence-electron chi connectivity index (χ0n) is 6.70. The highest BCUT2D eigenvalue weighted by molar-refractivity contribution is 9.10. The summed E-state index contributed by atoms with van der Waals surface area (Å²) in [4.78, 5) is 0. The molecular formula is C9H9BrCl2. The molecule has 0 bridgehead atoms. The number of hydrogen-bond donors (Lipinski definition) is 0. The van der Waals surface area contributed by atoms with Gasteiger partial charge in [0.05, 0.1) is 0 Å². The third kappa shape index (κ3) is 1.95. The molecule has 0 unspecified atom stereocenters. The van der Waals surface area contributed by atoms with Gasteiger partial charge in [-0.05, 0) is 29.7 Å². The minimum Gasteiger partial charge on any atom is -0.122 e. The first-order valence-electron chi connectivity index (χ1n) is 3.59. The topological polar surface area (TPSA) is 0 Å². The van der Waals surface area contributed by atoms with Crippen molar-refractivity contribution in [1.82, 2.24) is 0 Å². The van der Waals surface area contributed by atoms with E-state index in [1.807, 2.05) is 19.1 Å². The molecule has 0 radical (unpaired) electrons. The lowest BCUT2D eigenvalue weighted by Crippen LogP contribution is -1.93. The van der Waals surface area contributed by atoms with Crippen molar-refractivity contribution >= 4 is 39.1 Å². The molecule has 0 fully saturated rings. The fourth-order valence-electron chi connectivity index (χ4n) is 1.10. The second-order valence-corrected chi connectivity index (χ2v) is 3.97. The summed E-state index contributed by atoms with van der Waals surface area (Å²) in [5.74, 6) is 1.05. The van der Waals surface area contributed by atoms with Crippen LogP contribution in [-0.4, -0.2) is 0 Å². The molecule has 0 aliphatic carbocycles. The monoisotopic (exact) mass is 266 g/mol. The molecule has 0 atom stereocenters. The summed E-state index contributed by atoms with van der Waals surface area (Å²) in [6, 6.07) is 4.00. The second kappa shape index (κ2) is 4.50. The van der Waals surface area contributed by atoms with Gasteiger partial charge in [0, 0.05) is 16.2 Å². The second-order valence-electron chi connectivity index (χ2n) is 2.58. The standard InChI is InChI=1S/C9H9BrCl2/c1-6-8(5-12)7(4-11)2-3-9(6)10/h2-3H,4-5H2,1H3. The van der Waals surface area contributed by atoms with Gasteiger partial charge in [-0.1, -0.05) is 22.0 Å². The highest BCUT2D eigenvalue weighted by atomic mass is 79.9. The van der Waals surface area contributed by atoms with Crippen molar-refractivity contribution in [2.75, 3.05) is 0 Å². The van der Waals surface area contributed by atoms with Crippen LogP contribution in [0.2, 0.25) is 0 Å². The summed E-state index contributed by atoms with van der Waals surface area (Å²) in [5, 5.41) is 0. The molecule has 12 heavy (non-hydrogen) atoms. The van der Waals surface area contributed by atoms with Crippen LogP contribution < -0.4 is 0 Å². The average molecular weight is 268 g/mol. The van der Waals surface area contributed by atoms with E-state index in [1.54, 1.807) is 0 Å². The minimum absolute atomic E-state index is 0.521. The van der Waals surface area contributed by atoms with Gasteiger partial charge < -0.3 is 0 Å². The lowest BCUT2D eigenvalue weighted by molar-refractivity contribution is 1.20. The van der Waals surface area contributed by atoms with Crippen LogP contribution in [-0.2, 0) is 11.8 Å². The Kier molecular flexibility index (Phi) is 3.88. The van der Waals surface area contributed by atoms with Gasteiger partial charge in [0.1, 0.15) is 0 Å². The summed E-state index contributed by atoms with van der Waals surface area (Å²) in [5.41, 5.74) is 3.44. The van der Waals surface area contributed by atoms with Gasteiger partial charge in [-0.3, -0.25) is 0 Å². The van der Waals surface area contributed by atoms with Crippen molar-refractivity contribution < 1.29 is 0 Å². The number of halogens is 3. The number of rotatable bonds is 2. The molecule has 0 saturated heterocycles. The zero-order valence-corrected chi connectivity index (χ0v) is 9.80. The predicted octanol–water partition coefficient (Wildman–Crippen LogP) is 4.24. The maximum atomic E-state index is 5.81. The fourth-order valence-corrected chi connectivity index (χ4v) is 2.09. The summed E-state index contributed by atoms with van der Waals surface area (Å²) < 4.78 is 1.09.